The van der Waals surface area contributed by atoms with Gasteiger partial charge in [-0.05, 0) is 44.5 Å². The van der Waals surface area contributed by atoms with Gasteiger partial charge >= 0.3 is 0 Å². The van der Waals surface area contributed by atoms with Crippen molar-refractivity contribution in [2.45, 2.75) is 45.7 Å². The van der Waals surface area contributed by atoms with Crippen molar-refractivity contribution >= 4 is 0 Å². The van der Waals surface area contributed by atoms with Crippen molar-refractivity contribution in [2.75, 3.05) is 20.8 Å². The number of hydrogen-bond acceptors (Lipinski definition) is 6. The third-order valence-corrected chi connectivity index (χ3v) is 5.77. The van der Waals surface area contributed by atoms with Crippen LogP contribution in [0.1, 0.15) is 48.4 Å². The Balaban J connectivity index is 1.65. The Hall–Kier alpha value is -2.80. The lowest BCUT2D eigenvalue weighted by molar-refractivity contribution is 0.245. The molecule has 1 N–H and O–H groups in total. The zero-order chi connectivity index (χ0) is 20.4. The molecule has 1 fully saturated rings. The maximum atomic E-state index is 5.58. The van der Waals surface area contributed by atoms with E-state index in [1.165, 1.54) is 5.56 Å². The first-order valence-corrected chi connectivity index (χ1v) is 10.1. The molecule has 4 rings (SSSR count). The van der Waals surface area contributed by atoms with Crippen LogP contribution in [0.4, 0.5) is 0 Å². The van der Waals surface area contributed by atoms with Crippen LogP contribution in [0.3, 0.4) is 0 Å². The molecule has 0 radical (unpaired) electrons. The van der Waals surface area contributed by atoms with Crippen molar-refractivity contribution in [3.8, 4) is 22.8 Å². The fourth-order valence-corrected chi connectivity index (χ4v) is 4.34. The average molecular weight is 396 g/mol. The van der Waals surface area contributed by atoms with Gasteiger partial charge in [0.25, 0.3) is 0 Å². The second-order valence-electron chi connectivity index (χ2n) is 7.42. The molecule has 0 unspecified atom stereocenters. The number of aromatic amines is 1. The molecule has 1 saturated heterocycles. The molecule has 0 saturated carbocycles. The van der Waals surface area contributed by atoms with Gasteiger partial charge in [0, 0.05) is 35.7 Å². The van der Waals surface area contributed by atoms with Gasteiger partial charge < -0.3 is 14.0 Å². The average Bonchev–Trinajstić information content (AvgIpc) is 3.47. The first-order valence-electron chi connectivity index (χ1n) is 10.1. The normalized spacial score (nSPS) is 17.0. The highest BCUT2D eigenvalue weighted by molar-refractivity contribution is 5.71. The van der Waals surface area contributed by atoms with E-state index in [9.17, 15) is 0 Å². The number of aromatic nitrogens is 3. The first kappa shape index (κ1) is 19.5. The van der Waals surface area contributed by atoms with Crippen molar-refractivity contribution < 1.29 is 14.0 Å². The summed E-state index contributed by atoms with van der Waals surface area (Å²) < 4.78 is 16.6. The molecular weight excluding hydrogens is 368 g/mol. The highest BCUT2D eigenvalue weighted by atomic mass is 16.5. The quantitative estimate of drug-likeness (QED) is 0.642. The largest absolute Gasteiger partial charge is 0.497 e. The number of ether oxygens (including phenoxy) is 2. The lowest BCUT2D eigenvalue weighted by Crippen LogP contribution is -2.23. The van der Waals surface area contributed by atoms with E-state index in [1.807, 2.05) is 31.3 Å². The number of benzene rings is 1. The maximum Gasteiger partial charge on any atom is 0.141 e. The van der Waals surface area contributed by atoms with Crippen molar-refractivity contribution in [3.05, 3.63) is 47.0 Å². The van der Waals surface area contributed by atoms with E-state index in [4.69, 9.17) is 14.0 Å². The molecule has 1 aliphatic rings. The predicted molar refractivity (Wildman–Crippen MR) is 110 cm³/mol. The molecule has 0 spiro atoms. The van der Waals surface area contributed by atoms with Crippen LogP contribution in [0.25, 0.3) is 11.3 Å². The number of nitrogens with zero attached hydrogens (tertiary/aromatic N) is 3. The SMILES string of the molecule is CCc1onc(C)c1[C@@H]1CCCN1Cc1cn[nH]c1-c1cc(OC)ccc1OC. The highest BCUT2D eigenvalue weighted by Crippen LogP contribution is 2.39. The molecule has 2 aromatic heterocycles. The van der Waals surface area contributed by atoms with Gasteiger partial charge in [0.1, 0.15) is 17.3 Å². The van der Waals surface area contributed by atoms with Crippen LogP contribution < -0.4 is 9.47 Å². The van der Waals surface area contributed by atoms with Crippen LogP contribution in [0.2, 0.25) is 0 Å². The van der Waals surface area contributed by atoms with Gasteiger partial charge in [-0.25, -0.2) is 0 Å². The molecule has 0 aliphatic carbocycles. The van der Waals surface area contributed by atoms with E-state index in [1.54, 1.807) is 14.2 Å². The molecule has 1 atom stereocenters. The second kappa shape index (κ2) is 8.29. The standard InChI is InChI=1S/C22H28N4O3/c1-5-19-21(14(2)25-29-19)18-7-6-10-26(18)13-15-12-23-24-22(15)17-11-16(27-3)8-9-20(17)28-4/h8-9,11-12,18H,5-7,10,13H2,1-4H3,(H,23,24)/t18-/m0/s1. The number of aryl methyl sites for hydroxylation is 2. The van der Waals surface area contributed by atoms with Crippen LogP contribution in [-0.2, 0) is 13.0 Å². The molecule has 0 bridgehead atoms. The summed E-state index contributed by atoms with van der Waals surface area (Å²) in [6.07, 6.45) is 5.04. The first-order chi connectivity index (χ1) is 14.2. The van der Waals surface area contributed by atoms with Crippen molar-refractivity contribution in [2.24, 2.45) is 0 Å². The smallest absolute Gasteiger partial charge is 0.141 e. The van der Waals surface area contributed by atoms with Crippen molar-refractivity contribution in [1.82, 2.24) is 20.3 Å². The Morgan fingerprint density at radius 3 is 2.90 bits per heavy atom. The lowest BCUT2D eigenvalue weighted by atomic mass is 10.0. The summed E-state index contributed by atoms with van der Waals surface area (Å²) in [4.78, 5) is 2.50. The molecule has 154 valence electrons. The zero-order valence-corrected chi connectivity index (χ0v) is 17.5. The van der Waals surface area contributed by atoms with E-state index in [0.717, 1.165) is 72.1 Å². The van der Waals surface area contributed by atoms with Crippen molar-refractivity contribution in [1.29, 1.82) is 0 Å². The monoisotopic (exact) mass is 396 g/mol. The number of hydrogen-bond donors (Lipinski definition) is 1. The summed E-state index contributed by atoms with van der Waals surface area (Å²) in [5, 5.41) is 11.7. The van der Waals surface area contributed by atoms with E-state index < -0.39 is 0 Å². The predicted octanol–water partition coefficient (Wildman–Crippen LogP) is 4.29. The van der Waals surface area contributed by atoms with Gasteiger partial charge in [-0.15, -0.1) is 0 Å². The van der Waals surface area contributed by atoms with Crippen LogP contribution in [0.15, 0.2) is 28.9 Å². The summed E-state index contributed by atoms with van der Waals surface area (Å²) in [5.74, 6) is 2.58. The Bertz CT molecular complexity index is 978. The van der Waals surface area contributed by atoms with E-state index in [2.05, 4.69) is 27.2 Å². The molecule has 3 heterocycles. The van der Waals surface area contributed by atoms with Gasteiger partial charge in [0.05, 0.1) is 31.8 Å². The molecule has 3 aromatic rings. The molecule has 1 aliphatic heterocycles. The van der Waals surface area contributed by atoms with Gasteiger partial charge in [-0.2, -0.15) is 5.10 Å². The Kier molecular flexibility index (Phi) is 5.58. The number of nitrogens with one attached hydrogen (secondary N) is 1. The second-order valence-corrected chi connectivity index (χ2v) is 7.42. The fraction of sp³-hybridized carbons (Fsp3) is 0.455. The molecule has 7 nitrogen and oxygen atoms in total. The molecule has 7 heteroatoms. The molecular formula is C22H28N4O3. The minimum Gasteiger partial charge on any atom is -0.497 e. The van der Waals surface area contributed by atoms with Gasteiger partial charge in [-0.1, -0.05) is 12.1 Å². The van der Waals surface area contributed by atoms with Gasteiger partial charge in [-0.3, -0.25) is 10.00 Å². The Labute approximate surface area is 171 Å². The van der Waals surface area contributed by atoms with Crippen LogP contribution in [0.5, 0.6) is 11.5 Å². The van der Waals surface area contributed by atoms with E-state index in [-0.39, 0.29) is 0 Å². The van der Waals surface area contributed by atoms with E-state index in [0.29, 0.717) is 6.04 Å². The van der Waals surface area contributed by atoms with Gasteiger partial charge in [0.15, 0.2) is 0 Å². The fourth-order valence-electron chi connectivity index (χ4n) is 4.34. The van der Waals surface area contributed by atoms with Gasteiger partial charge in [0.2, 0.25) is 0 Å². The maximum absolute atomic E-state index is 5.58. The zero-order valence-electron chi connectivity index (χ0n) is 17.5. The highest BCUT2D eigenvalue weighted by Gasteiger charge is 2.32. The topological polar surface area (TPSA) is 76.4 Å². The summed E-state index contributed by atoms with van der Waals surface area (Å²) >= 11 is 0. The van der Waals surface area contributed by atoms with Crippen LogP contribution in [0, 0.1) is 6.92 Å². The minimum atomic E-state index is 0.325. The summed E-state index contributed by atoms with van der Waals surface area (Å²) in [5.41, 5.74) is 5.31. The summed E-state index contributed by atoms with van der Waals surface area (Å²) in [6.45, 7) is 5.99. The van der Waals surface area contributed by atoms with E-state index >= 15 is 0 Å². The number of rotatable bonds is 7. The van der Waals surface area contributed by atoms with Crippen LogP contribution >= 0.6 is 0 Å². The summed E-state index contributed by atoms with van der Waals surface area (Å²) in [6, 6.07) is 6.13. The Morgan fingerprint density at radius 1 is 1.28 bits per heavy atom. The minimum absolute atomic E-state index is 0.325. The molecule has 0 amide bonds. The molecule has 29 heavy (non-hydrogen) atoms. The third kappa shape index (κ3) is 3.62. The number of H-pyrrole nitrogens is 1. The lowest BCUT2D eigenvalue weighted by Gasteiger charge is -2.25. The van der Waals surface area contributed by atoms with Crippen LogP contribution in [-0.4, -0.2) is 41.0 Å². The number of methoxy groups -OCH3 is 2. The number of likely N-dealkylation sites (tertiary alicyclic amines) is 1. The third-order valence-electron chi connectivity index (χ3n) is 5.77. The van der Waals surface area contributed by atoms with Crippen molar-refractivity contribution in [3.63, 3.8) is 0 Å². The Morgan fingerprint density at radius 2 is 2.14 bits per heavy atom. The summed E-state index contributed by atoms with van der Waals surface area (Å²) in [7, 11) is 3.35. The molecule has 1 aromatic carbocycles.